The zero-order chi connectivity index (χ0) is 16.8. The predicted octanol–water partition coefficient (Wildman–Crippen LogP) is 3.40. The molecule has 0 fully saturated rings. The van der Waals surface area contributed by atoms with E-state index in [-0.39, 0.29) is 12.3 Å². The highest BCUT2D eigenvalue weighted by molar-refractivity contribution is 8.01. The smallest absolute Gasteiger partial charge is 0.228 e. The van der Waals surface area contributed by atoms with Gasteiger partial charge in [0.05, 0.1) is 17.0 Å². The molecule has 1 aliphatic rings. The molecule has 1 aromatic rings. The van der Waals surface area contributed by atoms with E-state index < -0.39 is 0 Å². The molecule has 0 aromatic heterocycles. The molecule has 0 atom stereocenters. The summed E-state index contributed by atoms with van der Waals surface area (Å²) in [5, 5.41) is 9.18. The van der Waals surface area contributed by atoms with Gasteiger partial charge in [-0.15, -0.1) is 0 Å². The van der Waals surface area contributed by atoms with E-state index in [0.29, 0.717) is 10.7 Å². The lowest BCUT2D eigenvalue weighted by Crippen LogP contribution is -2.26. The largest absolute Gasteiger partial charge is 0.326 e. The second kappa shape index (κ2) is 8.15. The summed E-state index contributed by atoms with van der Waals surface area (Å²) >= 11 is 7.20. The average molecular weight is 348 g/mol. The molecule has 2 rings (SSSR count). The summed E-state index contributed by atoms with van der Waals surface area (Å²) in [4.78, 5) is 17.3. The summed E-state index contributed by atoms with van der Waals surface area (Å²) in [6.45, 7) is 1.92. The van der Waals surface area contributed by atoms with E-state index in [0.717, 1.165) is 33.7 Å². The second-order valence-electron chi connectivity index (χ2n) is 4.86. The van der Waals surface area contributed by atoms with Gasteiger partial charge in [-0.05, 0) is 48.2 Å². The Morgan fingerprint density at radius 1 is 1.39 bits per heavy atom. The van der Waals surface area contributed by atoms with Gasteiger partial charge in [0.1, 0.15) is 0 Å². The zero-order valence-electron chi connectivity index (χ0n) is 13.0. The van der Waals surface area contributed by atoms with Crippen LogP contribution in [-0.4, -0.2) is 18.7 Å². The third kappa shape index (κ3) is 4.34. The van der Waals surface area contributed by atoms with Crippen LogP contribution in [0.2, 0.25) is 5.02 Å². The van der Waals surface area contributed by atoms with Gasteiger partial charge in [-0.3, -0.25) is 14.9 Å². The van der Waals surface area contributed by atoms with Crippen LogP contribution in [0.3, 0.4) is 0 Å². The minimum Gasteiger partial charge on any atom is -0.326 e. The third-order valence-electron chi connectivity index (χ3n) is 3.36. The maximum Gasteiger partial charge on any atom is 0.228 e. The van der Waals surface area contributed by atoms with E-state index in [9.17, 15) is 4.79 Å². The van der Waals surface area contributed by atoms with E-state index in [4.69, 9.17) is 16.7 Å². The van der Waals surface area contributed by atoms with Gasteiger partial charge >= 0.3 is 0 Å². The molecule has 0 bridgehead atoms. The summed E-state index contributed by atoms with van der Waals surface area (Å²) in [7, 11) is 1.72. The topological polar surface area (TPSA) is 67.5 Å². The summed E-state index contributed by atoms with van der Waals surface area (Å²) in [5.74, 6) is -0.130. The fraction of sp³-hybridized carbons (Fsp3) is 0.176. The number of hydrogen-bond acceptors (Lipinski definition) is 4. The number of benzene rings is 1. The van der Waals surface area contributed by atoms with Crippen LogP contribution in [0, 0.1) is 0 Å². The van der Waals surface area contributed by atoms with Crippen molar-refractivity contribution >= 4 is 35.2 Å². The Morgan fingerprint density at radius 3 is 2.74 bits per heavy atom. The Labute approximate surface area is 145 Å². The SMILES string of the molecule is C/C=C1/C=C(NC(=O)Cc2ccccc2Cl)C=C(SN)C1=NC. The number of carbonyl (C=O) groups is 1. The molecule has 0 saturated carbocycles. The van der Waals surface area contributed by atoms with E-state index >= 15 is 0 Å². The number of nitrogens with zero attached hydrogens (tertiary/aromatic N) is 1. The van der Waals surface area contributed by atoms with Gasteiger partial charge in [0.25, 0.3) is 0 Å². The lowest BCUT2D eigenvalue weighted by atomic mass is 10.0. The molecule has 0 radical (unpaired) electrons. The molecule has 23 heavy (non-hydrogen) atoms. The minimum absolute atomic E-state index is 0.130. The molecule has 1 aliphatic carbocycles. The molecular formula is C17H18ClN3OS. The van der Waals surface area contributed by atoms with Gasteiger partial charge in [-0.2, -0.15) is 0 Å². The average Bonchev–Trinajstić information content (AvgIpc) is 2.55. The van der Waals surface area contributed by atoms with Crippen molar-refractivity contribution in [2.24, 2.45) is 10.1 Å². The van der Waals surface area contributed by atoms with E-state index in [1.807, 2.05) is 43.4 Å². The Balaban J connectivity index is 2.16. The normalized spacial score (nSPS) is 17.9. The summed E-state index contributed by atoms with van der Waals surface area (Å²) in [5.41, 5.74) is 3.23. The zero-order valence-corrected chi connectivity index (χ0v) is 14.5. The van der Waals surface area contributed by atoms with Gasteiger partial charge in [0, 0.05) is 17.8 Å². The Hall–Kier alpha value is -1.82. The number of rotatable bonds is 4. The van der Waals surface area contributed by atoms with Gasteiger partial charge < -0.3 is 5.32 Å². The van der Waals surface area contributed by atoms with Crippen molar-refractivity contribution < 1.29 is 4.79 Å². The maximum atomic E-state index is 12.2. The van der Waals surface area contributed by atoms with Crippen molar-refractivity contribution in [2.45, 2.75) is 13.3 Å². The summed E-state index contributed by atoms with van der Waals surface area (Å²) in [6.07, 6.45) is 5.86. The van der Waals surface area contributed by atoms with Gasteiger partial charge in [0.2, 0.25) is 5.91 Å². The van der Waals surface area contributed by atoms with Crippen molar-refractivity contribution in [3.63, 3.8) is 0 Å². The fourth-order valence-corrected chi connectivity index (χ4v) is 2.99. The first kappa shape index (κ1) is 17.5. The predicted molar refractivity (Wildman–Crippen MR) is 98.4 cm³/mol. The minimum atomic E-state index is -0.130. The van der Waals surface area contributed by atoms with Crippen molar-refractivity contribution in [1.29, 1.82) is 0 Å². The Kier molecular flexibility index (Phi) is 6.21. The number of hydrogen-bond donors (Lipinski definition) is 2. The number of amides is 1. The summed E-state index contributed by atoms with van der Waals surface area (Å²) < 4.78 is 0. The first-order chi connectivity index (χ1) is 11.1. The Morgan fingerprint density at radius 2 is 2.13 bits per heavy atom. The summed E-state index contributed by atoms with van der Waals surface area (Å²) in [6, 6.07) is 7.31. The number of carbonyl (C=O) groups excluding carboxylic acids is 1. The third-order valence-corrected chi connectivity index (χ3v) is 4.29. The number of nitrogens with one attached hydrogen (secondary N) is 1. The van der Waals surface area contributed by atoms with Gasteiger partial charge in [0.15, 0.2) is 0 Å². The number of nitrogens with two attached hydrogens (primary N) is 1. The maximum absolute atomic E-state index is 12.2. The van der Waals surface area contributed by atoms with Crippen molar-refractivity contribution in [3.8, 4) is 0 Å². The molecule has 4 nitrogen and oxygen atoms in total. The van der Waals surface area contributed by atoms with Crippen LogP contribution in [0.15, 0.2) is 63.7 Å². The van der Waals surface area contributed by atoms with Crippen LogP contribution in [0.25, 0.3) is 0 Å². The van der Waals surface area contributed by atoms with E-state index in [1.165, 1.54) is 0 Å². The molecular weight excluding hydrogens is 330 g/mol. The van der Waals surface area contributed by atoms with Gasteiger partial charge in [-0.1, -0.05) is 35.9 Å². The van der Waals surface area contributed by atoms with Crippen molar-refractivity contribution in [1.82, 2.24) is 5.32 Å². The molecule has 0 saturated heterocycles. The van der Waals surface area contributed by atoms with Crippen LogP contribution in [0.4, 0.5) is 0 Å². The molecule has 0 spiro atoms. The van der Waals surface area contributed by atoms with Gasteiger partial charge in [-0.25, -0.2) is 0 Å². The molecule has 3 N–H and O–H groups in total. The highest BCUT2D eigenvalue weighted by Gasteiger charge is 2.17. The van der Waals surface area contributed by atoms with Crippen LogP contribution in [0.5, 0.6) is 0 Å². The quantitative estimate of drug-likeness (QED) is 0.820. The Bertz CT molecular complexity index is 735. The van der Waals surface area contributed by atoms with Crippen LogP contribution >= 0.6 is 23.5 Å². The van der Waals surface area contributed by atoms with E-state index in [2.05, 4.69) is 10.3 Å². The molecule has 6 heteroatoms. The first-order valence-corrected chi connectivity index (χ1v) is 8.32. The lowest BCUT2D eigenvalue weighted by molar-refractivity contribution is -0.119. The molecule has 1 amide bonds. The highest BCUT2D eigenvalue weighted by atomic mass is 35.5. The van der Waals surface area contributed by atoms with Crippen molar-refractivity contribution in [3.05, 3.63) is 69.3 Å². The number of aliphatic imine (C=N–C) groups is 1. The second-order valence-corrected chi connectivity index (χ2v) is 5.94. The van der Waals surface area contributed by atoms with Crippen LogP contribution in [0.1, 0.15) is 12.5 Å². The monoisotopic (exact) mass is 347 g/mol. The molecule has 1 aromatic carbocycles. The number of halogens is 1. The molecule has 0 unspecified atom stereocenters. The number of allylic oxidation sites excluding steroid dienone is 5. The highest BCUT2D eigenvalue weighted by Crippen LogP contribution is 2.24. The fourth-order valence-electron chi connectivity index (χ4n) is 2.27. The molecule has 0 aliphatic heterocycles. The van der Waals surface area contributed by atoms with Crippen molar-refractivity contribution in [2.75, 3.05) is 7.05 Å². The van der Waals surface area contributed by atoms with Crippen LogP contribution < -0.4 is 10.5 Å². The standard InChI is InChI=1S/C17H18ClN3OS/c1-3-11-8-13(10-15(23-19)17(11)20-2)21-16(22)9-12-6-4-5-7-14(12)18/h3-8,10H,9,19H2,1-2H3,(H,21,22)/b11-3-,20-17?. The van der Waals surface area contributed by atoms with E-state index in [1.54, 1.807) is 13.1 Å². The lowest BCUT2D eigenvalue weighted by Gasteiger charge is -2.17. The first-order valence-electron chi connectivity index (χ1n) is 7.06. The molecule has 120 valence electrons. The van der Waals surface area contributed by atoms with Crippen LogP contribution in [-0.2, 0) is 11.2 Å². The molecule has 0 heterocycles.